The third-order valence-corrected chi connectivity index (χ3v) is 7.90. The zero-order valence-corrected chi connectivity index (χ0v) is 22.3. The second-order valence-corrected chi connectivity index (χ2v) is 11.5. The van der Waals surface area contributed by atoms with Crippen LogP contribution >= 0.6 is 0 Å². The number of fused-ring (bicyclic) bond motifs is 1. The van der Waals surface area contributed by atoms with Crippen molar-refractivity contribution in [3.8, 4) is 11.1 Å². The molecular formula is C27H29FN6O3S. The molecule has 5 rings (SSSR count). The van der Waals surface area contributed by atoms with Gasteiger partial charge in [0.05, 0.1) is 10.5 Å². The molecule has 0 spiro atoms. The van der Waals surface area contributed by atoms with Gasteiger partial charge in [0.25, 0.3) is 5.56 Å². The number of benzene rings is 2. The lowest BCUT2D eigenvalue weighted by Crippen LogP contribution is -2.44. The van der Waals surface area contributed by atoms with Gasteiger partial charge in [-0.3, -0.25) is 9.36 Å². The molecule has 1 saturated heterocycles. The molecule has 0 atom stereocenters. The summed E-state index contributed by atoms with van der Waals surface area (Å²) in [4.78, 5) is 26.9. The van der Waals surface area contributed by atoms with Crippen LogP contribution in [0.2, 0.25) is 0 Å². The van der Waals surface area contributed by atoms with Crippen molar-refractivity contribution >= 4 is 38.2 Å². The molecule has 198 valence electrons. The summed E-state index contributed by atoms with van der Waals surface area (Å²) in [6.45, 7) is 6.10. The first kappa shape index (κ1) is 25.8. The first-order valence-corrected chi connectivity index (χ1v) is 14.2. The number of halogens is 1. The van der Waals surface area contributed by atoms with Crippen LogP contribution in [0.3, 0.4) is 0 Å². The predicted octanol–water partition coefficient (Wildman–Crippen LogP) is 3.52. The minimum absolute atomic E-state index is 0.0474. The quantitative estimate of drug-likeness (QED) is 0.374. The van der Waals surface area contributed by atoms with Gasteiger partial charge in [0, 0.05) is 67.5 Å². The molecule has 0 bridgehead atoms. The molecule has 0 saturated carbocycles. The molecule has 1 N–H and O–H groups in total. The van der Waals surface area contributed by atoms with E-state index in [1.54, 1.807) is 13.1 Å². The van der Waals surface area contributed by atoms with E-state index in [4.69, 9.17) is 0 Å². The van der Waals surface area contributed by atoms with E-state index in [0.29, 0.717) is 17.0 Å². The topological polar surface area (TPSA) is 100 Å². The Bertz CT molecular complexity index is 1660. The third-order valence-electron chi connectivity index (χ3n) is 6.79. The number of aryl methyl sites for hydroxylation is 1. The smallest absolute Gasteiger partial charge is 0.260 e. The van der Waals surface area contributed by atoms with Gasteiger partial charge in [-0.25, -0.2) is 17.8 Å². The highest BCUT2D eigenvalue weighted by atomic mass is 32.2. The number of pyridine rings is 1. The van der Waals surface area contributed by atoms with Crippen LogP contribution in [0.25, 0.3) is 22.2 Å². The summed E-state index contributed by atoms with van der Waals surface area (Å²) in [6.07, 6.45) is 2.60. The van der Waals surface area contributed by atoms with Crippen LogP contribution in [0.4, 0.5) is 21.7 Å². The Morgan fingerprint density at radius 1 is 1.00 bits per heavy atom. The van der Waals surface area contributed by atoms with Crippen LogP contribution in [0, 0.1) is 5.82 Å². The average molecular weight is 537 g/mol. The standard InChI is InChI=1S/C27H29FN6O3S/c1-4-34-25-18(15-23(26(34)35)22-16-21(38(3,36)37)9-10-24(22)28)17-29-27(31-25)30-19-5-7-20(8-6-19)33-13-11-32(2)12-14-33/h5-10,15-17H,4,11-14H2,1-3H3,(H,29,30,31). The monoisotopic (exact) mass is 536 g/mol. The number of sulfone groups is 1. The van der Waals surface area contributed by atoms with Crippen molar-refractivity contribution in [2.45, 2.75) is 18.4 Å². The highest BCUT2D eigenvalue weighted by molar-refractivity contribution is 7.90. The van der Waals surface area contributed by atoms with Crippen molar-refractivity contribution in [2.24, 2.45) is 0 Å². The van der Waals surface area contributed by atoms with Crippen LogP contribution in [0.5, 0.6) is 0 Å². The fourth-order valence-corrected chi connectivity index (χ4v) is 5.24. The van der Waals surface area contributed by atoms with Gasteiger partial charge in [-0.15, -0.1) is 0 Å². The number of nitrogens with zero attached hydrogens (tertiary/aromatic N) is 5. The van der Waals surface area contributed by atoms with Gasteiger partial charge in [-0.2, -0.15) is 4.98 Å². The molecule has 2 aromatic carbocycles. The maximum atomic E-state index is 14.7. The lowest BCUT2D eigenvalue weighted by Gasteiger charge is -2.34. The summed E-state index contributed by atoms with van der Waals surface area (Å²) in [7, 11) is -1.45. The van der Waals surface area contributed by atoms with E-state index in [-0.39, 0.29) is 22.6 Å². The number of rotatable bonds is 6. The number of anilines is 3. The number of likely N-dealkylation sites (N-methyl/N-ethyl adjacent to an activating group) is 1. The summed E-state index contributed by atoms with van der Waals surface area (Å²) < 4.78 is 40.2. The van der Waals surface area contributed by atoms with Gasteiger partial charge in [0.1, 0.15) is 11.5 Å². The maximum absolute atomic E-state index is 14.7. The third kappa shape index (κ3) is 5.11. The van der Waals surface area contributed by atoms with Crippen molar-refractivity contribution in [1.82, 2.24) is 19.4 Å². The van der Waals surface area contributed by atoms with E-state index < -0.39 is 21.2 Å². The van der Waals surface area contributed by atoms with E-state index in [9.17, 15) is 17.6 Å². The Balaban J connectivity index is 1.47. The molecule has 0 aliphatic carbocycles. The minimum Gasteiger partial charge on any atom is -0.369 e. The van der Waals surface area contributed by atoms with Crippen molar-refractivity contribution < 1.29 is 12.8 Å². The lowest BCUT2D eigenvalue weighted by atomic mass is 10.1. The molecule has 11 heteroatoms. The largest absolute Gasteiger partial charge is 0.369 e. The fraction of sp³-hybridized carbons (Fsp3) is 0.296. The van der Waals surface area contributed by atoms with E-state index in [0.717, 1.165) is 49.9 Å². The molecule has 3 heterocycles. The Morgan fingerprint density at radius 3 is 2.37 bits per heavy atom. The zero-order chi connectivity index (χ0) is 27.0. The molecule has 0 unspecified atom stereocenters. The normalized spacial score (nSPS) is 14.7. The van der Waals surface area contributed by atoms with Gasteiger partial charge in [0.2, 0.25) is 5.95 Å². The number of piperazine rings is 1. The summed E-state index contributed by atoms with van der Waals surface area (Å²) >= 11 is 0. The van der Waals surface area contributed by atoms with Crippen molar-refractivity contribution in [3.05, 3.63) is 70.9 Å². The van der Waals surface area contributed by atoms with Gasteiger partial charge >= 0.3 is 0 Å². The Hall–Kier alpha value is -3.83. The molecule has 2 aromatic heterocycles. The first-order valence-electron chi connectivity index (χ1n) is 12.3. The number of hydrogen-bond donors (Lipinski definition) is 1. The Morgan fingerprint density at radius 2 is 1.71 bits per heavy atom. The van der Waals surface area contributed by atoms with Gasteiger partial charge < -0.3 is 15.1 Å². The lowest BCUT2D eigenvalue weighted by molar-refractivity contribution is 0.313. The van der Waals surface area contributed by atoms with E-state index in [1.807, 2.05) is 12.1 Å². The van der Waals surface area contributed by atoms with Crippen molar-refractivity contribution in [3.63, 3.8) is 0 Å². The molecule has 0 amide bonds. The molecule has 1 fully saturated rings. The Labute approximate surface area is 220 Å². The first-order chi connectivity index (χ1) is 18.1. The molecule has 9 nitrogen and oxygen atoms in total. The highest BCUT2D eigenvalue weighted by Gasteiger charge is 2.19. The van der Waals surface area contributed by atoms with Gasteiger partial charge in [-0.05, 0) is 62.5 Å². The van der Waals surface area contributed by atoms with Crippen molar-refractivity contribution in [2.75, 3.05) is 49.7 Å². The molecule has 1 aliphatic rings. The number of nitrogens with one attached hydrogen (secondary N) is 1. The average Bonchev–Trinajstić information content (AvgIpc) is 2.89. The van der Waals surface area contributed by atoms with E-state index in [2.05, 4.69) is 44.3 Å². The molecule has 4 aromatic rings. The minimum atomic E-state index is -3.58. The van der Waals surface area contributed by atoms with E-state index >= 15 is 0 Å². The highest BCUT2D eigenvalue weighted by Crippen LogP contribution is 2.27. The van der Waals surface area contributed by atoms with E-state index in [1.165, 1.54) is 22.8 Å². The summed E-state index contributed by atoms with van der Waals surface area (Å²) in [5, 5.41) is 3.72. The number of hydrogen-bond acceptors (Lipinski definition) is 8. The molecular weight excluding hydrogens is 507 g/mol. The number of aromatic nitrogens is 3. The maximum Gasteiger partial charge on any atom is 0.260 e. The second kappa shape index (κ2) is 10.1. The SMILES string of the molecule is CCn1c(=O)c(-c2cc(S(C)(=O)=O)ccc2F)cc2cnc(Nc3ccc(N4CCN(C)CC4)cc3)nc21. The van der Waals surface area contributed by atoms with Crippen LogP contribution in [0.15, 0.2) is 64.4 Å². The van der Waals surface area contributed by atoms with Crippen LogP contribution in [-0.2, 0) is 16.4 Å². The van der Waals surface area contributed by atoms with Gasteiger partial charge in [0.15, 0.2) is 9.84 Å². The summed E-state index contributed by atoms with van der Waals surface area (Å²) in [6, 6.07) is 13.0. The molecule has 38 heavy (non-hydrogen) atoms. The van der Waals surface area contributed by atoms with Gasteiger partial charge in [-0.1, -0.05) is 0 Å². The zero-order valence-electron chi connectivity index (χ0n) is 21.5. The van der Waals surface area contributed by atoms with Crippen LogP contribution < -0.4 is 15.8 Å². The predicted molar refractivity (Wildman–Crippen MR) is 147 cm³/mol. The summed E-state index contributed by atoms with van der Waals surface area (Å²) in [5.41, 5.74) is 1.86. The fourth-order valence-electron chi connectivity index (χ4n) is 4.60. The Kier molecular flexibility index (Phi) is 6.89. The molecule has 0 radical (unpaired) electrons. The summed E-state index contributed by atoms with van der Waals surface area (Å²) in [5.74, 6) is -0.361. The van der Waals surface area contributed by atoms with Crippen LogP contribution in [-0.4, -0.2) is 67.3 Å². The van der Waals surface area contributed by atoms with Crippen molar-refractivity contribution in [1.29, 1.82) is 0 Å². The molecule has 1 aliphatic heterocycles. The second-order valence-electron chi connectivity index (χ2n) is 9.46. The van der Waals surface area contributed by atoms with Crippen LogP contribution in [0.1, 0.15) is 6.92 Å².